The Balaban J connectivity index is 2.15. The van der Waals surface area contributed by atoms with Crippen LogP contribution < -0.4 is 5.73 Å². The molecule has 1 aromatic carbocycles. The first kappa shape index (κ1) is 17.1. The van der Waals surface area contributed by atoms with Gasteiger partial charge >= 0.3 is 0 Å². The Morgan fingerprint density at radius 2 is 1.90 bits per heavy atom. The van der Waals surface area contributed by atoms with Crippen LogP contribution in [0.5, 0.6) is 0 Å². The highest BCUT2D eigenvalue weighted by Crippen LogP contribution is 2.31. The number of rotatable bonds is 5. The molecule has 1 saturated heterocycles. The molecule has 2 rings (SSSR count). The van der Waals surface area contributed by atoms with E-state index in [1.165, 1.54) is 19.3 Å². The number of hydrogen-bond donors (Lipinski definition) is 1. The third-order valence-corrected chi connectivity index (χ3v) is 5.92. The van der Waals surface area contributed by atoms with Gasteiger partial charge in [0.15, 0.2) is 0 Å². The van der Waals surface area contributed by atoms with E-state index in [0.717, 1.165) is 31.5 Å². The lowest BCUT2D eigenvalue weighted by molar-refractivity contribution is 0.0546. The van der Waals surface area contributed by atoms with Crippen molar-refractivity contribution >= 4 is 23.2 Å². The molecule has 1 aromatic rings. The Kier molecular flexibility index (Phi) is 5.96. The highest BCUT2D eigenvalue weighted by molar-refractivity contribution is 6.42. The van der Waals surface area contributed by atoms with E-state index in [9.17, 15) is 0 Å². The predicted molar refractivity (Wildman–Crippen MR) is 92.3 cm³/mol. The lowest BCUT2D eigenvalue weighted by Crippen LogP contribution is -2.59. The summed E-state index contributed by atoms with van der Waals surface area (Å²) in [4.78, 5) is 2.57. The minimum Gasteiger partial charge on any atom is -0.326 e. The fourth-order valence-electron chi connectivity index (χ4n) is 3.29. The zero-order valence-corrected chi connectivity index (χ0v) is 14.6. The molecular weight excluding hydrogens is 303 g/mol. The minimum atomic E-state index is 0.0199. The van der Waals surface area contributed by atoms with Crippen LogP contribution >= 0.6 is 23.2 Å². The molecule has 118 valence electrons. The number of hydrogen-bond acceptors (Lipinski definition) is 2. The third-order valence-electron chi connectivity index (χ3n) is 5.06. The van der Waals surface area contributed by atoms with Gasteiger partial charge in [0, 0.05) is 11.6 Å². The van der Waals surface area contributed by atoms with Crippen LogP contribution in [-0.2, 0) is 6.42 Å². The second-order valence-electron chi connectivity index (χ2n) is 6.28. The Morgan fingerprint density at radius 3 is 2.52 bits per heavy atom. The van der Waals surface area contributed by atoms with Gasteiger partial charge in [-0.25, -0.2) is 0 Å². The van der Waals surface area contributed by atoms with Gasteiger partial charge in [-0.05, 0) is 57.3 Å². The van der Waals surface area contributed by atoms with Gasteiger partial charge in [0.2, 0.25) is 0 Å². The molecular formula is C17H26Cl2N2. The Hall–Kier alpha value is -0.280. The number of benzene rings is 1. The van der Waals surface area contributed by atoms with Crippen molar-refractivity contribution in [2.24, 2.45) is 5.73 Å². The standard InChI is InChI=1S/C17H26Cl2N2/c1-3-17(2,21-10-5-4-6-11-21)15(20)12-13-8-7-9-14(18)16(13)19/h7-9,15H,3-6,10-12,20H2,1-2H3. The lowest BCUT2D eigenvalue weighted by atomic mass is 9.83. The monoisotopic (exact) mass is 328 g/mol. The normalized spacial score (nSPS) is 21.0. The Bertz CT molecular complexity index is 472. The van der Waals surface area contributed by atoms with Crippen molar-refractivity contribution in [3.8, 4) is 0 Å². The van der Waals surface area contributed by atoms with Crippen molar-refractivity contribution in [2.45, 2.75) is 57.5 Å². The molecule has 21 heavy (non-hydrogen) atoms. The number of halogens is 2. The average molecular weight is 329 g/mol. The van der Waals surface area contributed by atoms with E-state index in [1.54, 1.807) is 0 Å². The fraction of sp³-hybridized carbons (Fsp3) is 0.647. The second-order valence-corrected chi connectivity index (χ2v) is 7.07. The minimum absolute atomic E-state index is 0.0199. The maximum Gasteiger partial charge on any atom is 0.0624 e. The Labute approximate surface area is 138 Å². The van der Waals surface area contributed by atoms with Crippen molar-refractivity contribution in [3.63, 3.8) is 0 Å². The summed E-state index contributed by atoms with van der Waals surface area (Å²) in [5.41, 5.74) is 7.67. The van der Waals surface area contributed by atoms with Gasteiger partial charge in [-0.2, -0.15) is 0 Å². The molecule has 0 spiro atoms. The van der Waals surface area contributed by atoms with Crippen molar-refractivity contribution in [1.29, 1.82) is 0 Å². The summed E-state index contributed by atoms with van der Waals surface area (Å²) in [6, 6.07) is 5.85. The van der Waals surface area contributed by atoms with Crippen LogP contribution in [-0.4, -0.2) is 29.6 Å². The maximum atomic E-state index is 6.60. The SMILES string of the molecule is CCC(C)(C(N)Cc1cccc(Cl)c1Cl)N1CCCCC1. The van der Waals surface area contributed by atoms with E-state index in [-0.39, 0.29) is 11.6 Å². The van der Waals surface area contributed by atoms with Crippen LogP contribution in [0.4, 0.5) is 0 Å². The van der Waals surface area contributed by atoms with Gasteiger partial charge in [-0.15, -0.1) is 0 Å². The molecule has 0 radical (unpaired) electrons. The van der Waals surface area contributed by atoms with E-state index < -0.39 is 0 Å². The zero-order valence-electron chi connectivity index (χ0n) is 13.0. The highest BCUT2D eigenvalue weighted by atomic mass is 35.5. The Morgan fingerprint density at radius 1 is 1.24 bits per heavy atom. The van der Waals surface area contributed by atoms with Gasteiger partial charge in [0.05, 0.1) is 10.0 Å². The number of nitrogens with zero attached hydrogens (tertiary/aromatic N) is 1. The smallest absolute Gasteiger partial charge is 0.0624 e. The fourth-order valence-corrected chi connectivity index (χ4v) is 3.69. The van der Waals surface area contributed by atoms with Crippen molar-refractivity contribution < 1.29 is 0 Å². The molecule has 2 N–H and O–H groups in total. The highest BCUT2D eigenvalue weighted by Gasteiger charge is 2.36. The topological polar surface area (TPSA) is 29.3 Å². The third kappa shape index (κ3) is 3.73. The van der Waals surface area contributed by atoms with Gasteiger partial charge < -0.3 is 5.73 Å². The van der Waals surface area contributed by atoms with E-state index >= 15 is 0 Å². The van der Waals surface area contributed by atoms with E-state index in [0.29, 0.717) is 10.0 Å². The van der Waals surface area contributed by atoms with Crippen LogP contribution in [0, 0.1) is 0 Å². The van der Waals surface area contributed by atoms with Gasteiger partial charge in [0.25, 0.3) is 0 Å². The van der Waals surface area contributed by atoms with Crippen LogP contribution in [0.25, 0.3) is 0 Å². The summed E-state index contributed by atoms with van der Waals surface area (Å²) < 4.78 is 0. The van der Waals surface area contributed by atoms with Crippen LogP contribution in [0.2, 0.25) is 10.0 Å². The van der Waals surface area contributed by atoms with E-state index in [2.05, 4.69) is 18.7 Å². The first-order chi connectivity index (χ1) is 9.99. The number of nitrogens with two attached hydrogens (primary N) is 1. The summed E-state index contributed by atoms with van der Waals surface area (Å²) in [5, 5.41) is 1.25. The number of piperidine rings is 1. The quantitative estimate of drug-likeness (QED) is 0.861. The first-order valence-electron chi connectivity index (χ1n) is 7.92. The summed E-state index contributed by atoms with van der Waals surface area (Å²) in [6.07, 6.45) is 5.71. The summed E-state index contributed by atoms with van der Waals surface area (Å²) in [5.74, 6) is 0. The number of likely N-dealkylation sites (tertiary alicyclic amines) is 1. The predicted octanol–water partition coefficient (Wildman–Crippen LogP) is 4.52. The van der Waals surface area contributed by atoms with Crippen molar-refractivity contribution in [3.05, 3.63) is 33.8 Å². The molecule has 2 unspecified atom stereocenters. The molecule has 0 bridgehead atoms. The summed E-state index contributed by atoms with van der Waals surface area (Å²) in [7, 11) is 0. The lowest BCUT2D eigenvalue weighted by Gasteiger charge is -2.47. The van der Waals surface area contributed by atoms with Gasteiger partial charge in [-0.1, -0.05) is 48.7 Å². The van der Waals surface area contributed by atoms with Gasteiger partial charge in [0.1, 0.15) is 0 Å². The average Bonchev–Trinajstić information content (AvgIpc) is 2.51. The second kappa shape index (κ2) is 7.32. The maximum absolute atomic E-state index is 6.60. The van der Waals surface area contributed by atoms with Crippen LogP contribution in [0.3, 0.4) is 0 Å². The van der Waals surface area contributed by atoms with Crippen molar-refractivity contribution in [2.75, 3.05) is 13.1 Å². The molecule has 1 aliphatic rings. The first-order valence-corrected chi connectivity index (χ1v) is 8.68. The molecule has 2 atom stereocenters. The molecule has 4 heteroatoms. The molecule has 0 aliphatic carbocycles. The van der Waals surface area contributed by atoms with E-state index in [1.807, 2.05) is 18.2 Å². The molecule has 1 heterocycles. The summed E-state index contributed by atoms with van der Waals surface area (Å²) in [6.45, 7) is 6.83. The van der Waals surface area contributed by atoms with Crippen LogP contribution in [0.1, 0.15) is 45.1 Å². The molecule has 1 aliphatic heterocycles. The molecule has 0 saturated carbocycles. The molecule has 2 nitrogen and oxygen atoms in total. The zero-order chi connectivity index (χ0) is 15.5. The largest absolute Gasteiger partial charge is 0.326 e. The van der Waals surface area contributed by atoms with Crippen molar-refractivity contribution in [1.82, 2.24) is 4.90 Å². The molecule has 0 amide bonds. The summed E-state index contributed by atoms with van der Waals surface area (Å²) >= 11 is 12.4. The van der Waals surface area contributed by atoms with Gasteiger partial charge in [-0.3, -0.25) is 4.90 Å². The van der Waals surface area contributed by atoms with E-state index in [4.69, 9.17) is 28.9 Å². The molecule has 0 aromatic heterocycles. The molecule has 1 fully saturated rings. The van der Waals surface area contributed by atoms with Crippen LogP contribution in [0.15, 0.2) is 18.2 Å².